The van der Waals surface area contributed by atoms with Crippen LogP contribution < -0.4 is 5.32 Å². The Kier molecular flexibility index (Phi) is 3.55. The molecule has 0 aromatic heterocycles. The monoisotopic (exact) mass is 209 g/mol. The molecule has 15 heavy (non-hydrogen) atoms. The standard InChI is InChI=1S/C11H12FNO2/c1-7-3-4-9(12)10(5-7)13-11(15)6-8(2)14/h3-5H,6H2,1-2H3,(H,13,15). The topological polar surface area (TPSA) is 46.2 Å². The summed E-state index contributed by atoms with van der Waals surface area (Å²) in [5.41, 5.74) is 0.954. The van der Waals surface area contributed by atoms with Gasteiger partial charge < -0.3 is 5.32 Å². The average Bonchev–Trinajstić information content (AvgIpc) is 2.10. The van der Waals surface area contributed by atoms with E-state index < -0.39 is 11.7 Å². The summed E-state index contributed by atoms with van der Waals surface area (Å²) in [5, 5.41) is 2.35. The molecule has 0 aliphatic carbocycles. The van der Waals surface area contributed by atoms with Gasteiger partial charge in [0.05, 0.1) is 12.1 Å². The number of nitrogens with one attached hydrogen (secondary N) is 1. The maximum absolute atomic E-state index is 13.2. The van der Waals surface area contributed by atoms with Crippen molar-refractivity contribution in [3.63, 3.8) is 0 Å². The number of aryl methyl sites for hydroxylation is 1. The smallest absolute Gasteiger partial charge is 0.231 e. The molecule has 4 heteroatoms. The molecule has 0 fully saturated rings. The molecule has 0 unspecified atom stereocenters. The van der Waals surface area contributed by atoms with E-state index in [9.17, 15) is 14.0 Å². The number of halogens is 1. The number of hydrogen-bond donors (Lipinski definition) is 1. The Hall–Kier alpha value is -1.71. The van der Waals surface area contributed by atoms with Gasteiger partial charge in [0, 0.05) is 0 Å². The Morgan fingerprint density at radius 1 is 1.40 bits per heavy atom. The van der Waals surface area contributed by atoms with Crippen LogP contribution in [0.15, 0.2) is 18.2 Å². The highest BCUT2D eigenvalue weighted by Crippen LogP contribution is 2.15. The minimum absolute atomic E-state index is 0.112. The lowest BCUT2D eigenvalue weighted by molar-refractivity contribution is -0.124. The number of benzene rings is 1. The van der Waals surface area contributed by atoms with E-state index in [1.165, 1.54) is 19.1 Å². The van der Waals surface area contributed by atoms with Gasteiger partial charge in [-0.15, -0.1) is 0 Å². The highest BCUT2D eigenvalue weighted by molar-refractivity contribution is 6.03. The Bertz CT molecular complexity index is 402. The Morgan fingerprint density at radius 2 is 2.07 bits per heavy atom. The molecule has 0 saturated carbocycles. The molecule has 0 heterocycles. The van der Waals surface area contributed by atoms with Crippen LogP contribution in [0, 0.1) is 12.7 Å². The summed E-state index contributed by atoms with van der Waals surface area (Å²) in [6.45, 7) is 3.10. The molecule has 0 aliphatic rings. The second kappa shape index (κ2) is 4.68. The van der Waals surface area contributed by atoms with Crippen LogP contribution in [-0.4, -0.2) is 11.7 Å². The van der Waals surface area contributed by atoms with Gasteiger partial charge in [0.25, 0.3) is 0 Å². The summed E-state index contributed by atoms with van der Waals surface area (Å²) in [5.74, 6) is -1.25. The van der Waals surface area contributed by atoms with Crippen molar-refractivity contribution < 1.29 is 14.0 Å². The highest BCUT2D eigenvalue weighted by atomic mass is 19.1. The minimum Gasteiger partial charge on any atom is -0.323 e. The zero-order chi connectivity index (χ0) is 11.4. The number of ketones is 1. The van der Waals surface area contributed by atoms with Crippen molar-refractivity contribution >= 4 is 17.4 Å². The molecule has 0 atom stereocenters. The Morgan fingerprint density at radius 3 is 2.67 bits per heavy atom. The largest absolute Gasteiger partial charge is 0.323 e. The fraction of sp³-hybridized carbons (Fsp3) is 0.273. The first kappa shape index (κ1) is 11.4. The fourth-order valence-corrected chi connectivity index (χ4v) is 1.16. The summed E-state index contributed by atoms with van der Waals surface area (Å²) in [6.07, 6.45) is -0.229. The van der Waals surface area contributed by atoms with Gasteiger partial charge in [-0.2, -0.15) is 0 Å². The van der Waals surface area contributed by atoms with E-state index in [-0.39, 0.29) is 17.9 Å². The van der Waals surface area contributed by atoms with Crippen LogP contribution >= 0.6 is 0 Å². The molecule has 1 aromatic carbocycles. The second-order valence-corrected chi connectivity index (χ2v) is 3.41. The number of hydrogen-bond acceptors (Lipinski definition) is 2. The van der Waals surface area contributed by atoms with E-state index in [1.54, 1.807) is 13.0 Å². The third-order valence-corrected chi connectivity index (χ3v) is 1.81. The van der Waals surface area contributed by atoms with Crippen LogP contribution in [-0.2, 0) is 9.59 Å². The molecule has 1 aromatic rings. The number of rotatable bonds is 3. The molecule has 0 saturated heterocycles. The quantitative estimate of drug-likeness (QED) is 0.774. The van der Waals surface area contributed by atoms with E-state index in [1.807, 2.05) is 0 Å². The van der Waals surface area contributed by atoms with Crippen molar-refractivity contribution in [3.05, 3.63) is 29.6 Å². The van der Waals surface area contributed by atoms with E-state index in [0.717, 1.165) is 5.56 Å². The van der Waals surface area contributed by atoms with Crippen molar-refractivity contribution in [2.75, 3.05) is 5.32 Å². The van der Waals surface area contributed by atoms with Crippen LogP contribution in [0.4, 0.5) is 10.1 Å². The summed E-state index contributed by atoms with van der Waals surface area (Å²) in [6, 6.07) is 4.40. The van der Waals surface area contributed by atoms with E-state index >= 15 is 0 Å². The van der Waals surface area contributed by atoms with Crippen LogP contribution in [0.25, 0.3) is 0 Å². The first-order chi connectivity index (χ1) is 6.99. The van der Waals surface area contributed by atoms with E-state index in [0.29, 0.717) is 0 Å². The van der Waals surface area contributed by atoms with Crippen molar-refractivity contribution in [2.24, 2.45) is 0 Å². The highest BCUT2D eigenvalue weighted by Gasteiger charge is 2.08. The van der Waals surface area contributed by atoms with Crippen molar-refractivity contribution in [1.82, 2.24) is 0 Å². The number of carbonyl (C=O) groups is 2. The van der Waals surface area contributed by atoms with Gasteiger partial charge >= 0.3 is 0 Å². The Labute approximate surface area is 87.3 Å². The minimum atomic E-state index is -0.502. The van der Waals surface area contributed by atoms with Gasteiger partial charge in [-0.1, -0.05) is 6.07 Å². The lowest BCUT2D eigenvalue weighted by Crippen LogP contribution is -2.15. The maximum atomic E-state index is 13.2. The zero-order valence-corrected chi connectivity index (χ0v) is 8.63. The molecule has 0 spiro atoms. The van der Waals surface area contributed by atoms with Gasteiger partial charge in [-0.25, -0.2) is 4.39 Å². The normalized spacial score (nSPS) is 9.80. The molecule has 1 rings (SSSR count). The SMILES string of the molecule is CC(=O)CC(=O)Nc1cc(C)ccc1F. The molecule has 1 N–H and O–H groups in total. The van der Waals surface area contributed by atoms with Crippen molar-refractivity contribution in [1.29, 1.82) is 0 Å². The third kappa shape index (κ3) is 3.50. The van der Waals surface area contributed by atoms with E-state index in [4.69, 9.17) is 0 Å². The predicted molar refractivity (Wildman–Crippen MR) is 55.1 cm³/mol. The van der Waals surface area contributed by atoms with Crippen molar-refractivity contribution in [2.45, 2.75) is 20.3 Å². The summed E-state index contributed by atoms with van der Waals surface area (Å²) < 4.78 is 13.2. The Balaban J connectivity index is 2.76. The predicted octanol–water partition coefficient (Wildman–Crippen LogP) is 2.05. The second-order valence-electron chi connectivity index (χ2n) is 3.41. The number of carbonyl (C=O) groups excluding carboxylic acids is 2. The van der Waals surface area contributed by atoms with Gasteiger partial charge in [-0.3, -0.25) is 9.59 Å². The average molecular weight is 209 g/mol. The number of anilines is 1. The molecular weight excluding hydrogens is 197 g/mol. The van der Waals surface area contributed by atoms with Crippen LogP contribution in [0.1, 0.15) is 18.9 Å². The van der Waals surface area contributed by atoms with Crippen molar-refractivity contribution in [3.8, 4) is 0 Å². The van der Waals surface area contributed by atoms with Gasteiger partial charge in [0.1, 0.15) is 11.6 Å². The van der Waals surface area contributed by atoms with Gasteiger partial charge in [0.15, 0.2) is 0 Å². The lowest BCUT2D eigenvalue weighted by Gasteiger charge is -2.05. The molecule has 0 radical (unpaired) electrons. The first-order valence-corrected chi connectivity index (χ1v) is 4.54. The lowest BCUT2D eigenvalue weighted by atomic mass is 10.2. The molecule has 80 valence electrons. The van der Waals surface area contributed by atoms with Gasteiger partial charge in [-0.05, 0) is 31.5 Å². The molecule has 0 aliphatic heterocycles. The van der Waals surface area contributed by atoms with Crippen LogP contribution in [0.2, 0.25) is 0 Å². The van der Waals surface area contributed by atoms with Gasteiger partial charge in [0.2, 0.25) is 5.91 Å². The van der Waals surface area contributed by atoms with E-state index in [2.05, 4.69) is 5.32 Å². The molecule has 1 amide bonds. The van der Waals surface area contributed by atoms with Crippen LogP contribution in [0.5, 0.6) is 0 Å². The summed E-state index contributed by atoms with van der Waals surface area (Å²) in [7, 11) is 0. The maximum Gasteiger partial charge on any atom is 0.231 e. The third-order valence-electron chi connectivity index (χ3n) is 1.81. The number of amides is 1. The zero-order valence-electron chi connectivity index (χ0n) is 8.63. The molecule has 3 nitrogen and oxygen atoms in total. The number of Topliss-reactive ketones (excluding diaryl/α,β-unsaturated/α-hetero) is 1. The fourth-order valence-electron chi connectivity index (χ4n) is 1.16. The molecular formula is C11H12FNO2. The van der Waals surface area contributed by atoms with Crippen LogP contribution in [0.3, 0.4) is 0 Å². The summed E-state index contributed by atoms with van der Waals surface area (Å²) >= 11 is 0. The molecule has 0 bridgehead atoms. The summed E-state index contributed by atoms with van der Waals surface area (Å²) in [4.78, 5) is 21.8. The first-order valence-electron chi connectivity index (χ1n) is 4.54.